The number of carbonyl (C=O) groups is 1. The van der Waals surface area contributed by atoms with Crippen molar-refractivity contribution < 1.29 is 23.1 Å². The monoisotopic (exact) mass is 551 g/mol. The number of carboxylic acid groups (broad SMARTS) is 1. The Kier molecular flexibility index (Phi) is 9.41. The molecule has 0 spiro atoms. The summed E-state index contributed by atoms with van der Waals surface area (Å²) in [6, 6.07) is 9.44. The number of hydrogen-bond acceptors (Lipinski definition) is 6. The Labute approximate surface area is 222 Å². The molecular formula is C25H25ClF3N5O2S. The summed E-state index contributed by atoms with van der Waals surface area (Å²) < 4.78 is 40.6. The van der Waals surface area contributed by atoms with Gasteiger partial charge in [0, 0.05) is 40.1 Å². The van der Waals surface area contributed by atoms with Crippen LogP contribution >= 0.6 is 23.8 Å². The highest BCUT2D eigenvalue weighted by atomic mass is 35.5. The molecular weight excluding hydrogens is 527 g/mol. The number of thiocarbonyl (C=S) groups is 1. The van der Waals surface area contributed by atoms with E-state index in [1.54, 1.807) is 18.3 Å². The van der Waals surface area contributed by atoms with E-state index in [0.717, 1.165) is 22.9 Å². The van der Waals surface area contributed by atoms with Gasteiger partial charge >= 0.3 is 6.18 Å². The molecule has 2 aromatic carbocycles. The van der Waals surface area contributed by atoms with E-state index in [1.165, 1.54) is 12.1 Å². The predicted molar refractivity (Wildman–Crippen MR) is 143 cm³/mol. The summed E-state index contributed by atoms with van der Waals surface area (Å²) in [5.41, 5.74) is 3.22. The minimum atomic E-state index is -4.41. The van der Waals surface area contributed by atoms with Crippen molar-refractivity contribution in [3.8, 4) is 11.3 Å². The summed E-state index contributed by atoms with van der Waals surface area (Å²) in [6.07, 6.45) is -1.34. The Balaban J connectivity index is 0.00000121. The topological polar surface area (TPSA) is 90.4 Å². The molecule has 0 fully saturated rings. The van der Waals surface area contributed by atoms with E-state index < -0.39 is 11.7 Å². The maximum Gasteiger partial charge on any atom is 0.416 e. The summed E-state index contributed by atoms with van der Waals surface area (Å²) in [7, 11) is 3.79. The number of alkyl halides is 3. The Morgan fingerprint density at radius 2 is 1.97 bits per heavy atom. The van der Waals surface area contributed by atoms with E-state index in [9.17, 15) is 13.2 Å². The molecule has 0 unspecified atom stereocenters. The van der Waals surface area contributed by atoms with Gasteiger partial charge in [0.2, 0.25) is 5.95 Å². The molecule has 0 aliphatic carbocycles. The van der Waals surface area contributed by atoms with Crippen molar-refractivity contribution in [2.45, 2.75) is 25.4 Å². The van der Waals surface area contributed by atoms with Crippen LogP contribution in [0.2, 0.25) is 5.02 Å². The third-order valence-corrected chi connectivity index (χ3v) is 5.93. The zero-order valence-electron chi connectivity index (χ0n) is 20.1. The number of halogens is 4. The first-order valence-corrected chi connectivity index (χ1v) is 12.0. The van der Waals surface area contributed by atoms with Crippen molar-refractivity contribution in [2.24, 2.45) is 0 Å². The molecule has 1 aliphatic heterocycles. The molecule has 0 atom stereocenters. The molecule has 1 aromatic heterocycles. The zero-order valence-corrected chi connectivity index (χ0v) is 21.6. The van der Waals surface area contributed by atoms with Crippen LogP contribution in [0.15, 0.2) is 42.6 Å². The first-order chi connectivity index (χ1) is 17.5. The van der Waals surface area contributed by atoms with Crippen LogP contribution in [-0.4, -0.2) is 52.1 Å². The lowest BCUT2D eigenvalue weighted by atomic mass is 10.0. The molecule has 37 heavy (non-hydrogen) atoms. The van der Waals surface area contributed by atoms with Crippen LogP contribution in [0.3, 0.4) is 0 Å². The van der Waals surface area contributed by atoms with Gasteiger partial charge in [-0.2, -0.15) is 13.2 Å². The number of nitrogens with zero attached hydrogens (tertiary/aromatic N) is 3. The lowest BCUT2D eigenvalue weighted by Crippen LogP contribution is -2.15. The van der Waals surface area contributed by atoms with Gasteiger partial charge in [0.05, 0.1) is 16.2 Å². The molecule has 1 aliphatic rings. The molecule has 7 nitrogen and oxygen atoms in total. The molecule has 3 N–H and O–H groups in total. The van der Waals surface area contributed by atoms with Crippen LogP contribution in [0.5, 0.6) is 0 Å². The second-order valence-corrected chi connectivity index (χ2v) is 9.42. The summed E-state index contributed by atoms with van der Waals surface area (Å²) in [5.74, 6) is 0.284. The Morgan fingerprint density at radius 3 is 2.65 bits per heavy atom. The van der Waals surface area contributed by atoms with Gasteiger partial charge < -0.3 is 20.6 Å². The average Bonchev–Trinajstić information content (AvgIpc) is 2.93. The number of hydrogen-bond donors (Lipinski definition) is 3. The Bertz CT molecular complexity index is 1290. The van der Waals surface area contributed by atoms with Crippen LogP contribution < -0.4 is 10.6 Å². The normalized spacial score (nSPS) is 12.5. The fourth-order valence-electron chi connectivity index (χ4n) is 3.89. The van der Waals surface area contributed by atoms with E-state index in [0.29, 0.717) is 47.2 Å². The van der Waals surface area contributed by atoms with Gasteiger partial charge in [0.15, 0.2) is 0 Å². The number of fused-ring (bicyclic) bond motifs is 3. The second kappa shape index (κ2) is 12.3. The fraction of sp³-hybridized carbons (Fsp3) is 0.280. The lowest BCUT2D eigenvalue weighted by Gasteiger charge is -2.16. The third kappa shape index (κ3) is 7.61. The average molecular weight is 552 g/mol. The minimum Gasteiger partial charge on any atom is -0.483 e. The number of anilines is 3. The van der Waals surface area contributed by atoms with Crippen LogP contribution in [0, 0.1) is 0 Å². The van der Waals surface area contributed by atoms with Gasteiger partial charge in [-0.25, -0.2) is 9.97 Å². The highest BCUT2D eigenvalue weighted by Crippen LogP contribution is 2.36. The smallest absolute Gasteiger partial charge is 0.416 e. The van der Waals surface area contributed by atoms with Crippen LogP contribution in [-0.2, 0) is 23.8 Å². The predicted octanol–water partition coefficient (Wildman–Crippen LogP) is 6.05. The van der Waals surface area contributed by atoms with Gasteiger partial charge in [-0.1, -0.05) is 23.8 Å². The standard InChI is InChI=1S/C24H23ClF3N5S.CH2O2/c1-33(2)9-3-4-14-10-17(6-8-19(14)24(26,27)28)30-23-29-13-15-11-21(34)31-20-12-16(25)5-7-18(20)22(15)32-23;2-1-3/h5-8,10,12-13H,3-4,9,11H2,1-2H3,(H,31,34)(H,29,30,32);1H,(H,2,3). The van der Waals surface area contributed by atoms with E-state index in [-0.39, 0.29) is 18.0 Å². The third-order valence-electron chi connectivity index (χ3n) is 5.44. The van der Waals surface area contributed by atoms with Crippen molar-refractivity contribution in [3.63, 3.8) is 0 Å². The molecule has 12 heteroatoms. The SMILES string of the molecule is CN(C)CCCc1cc(Nc2ncc3c(n2)-c2ccc(Cl)cc2NC(=S)C3)ccc1C(F)(F)F.O=CO. The number of aromatic nitrogens is 2. The number of benzene rings is 2. The molecule has 0 radical (unpaired) electrons. The minimum absolute atomic E-state index is 0.239. The quantitative estimate of drug-likeness (QED) is 0.252. The molecule has 0 bridgehead atoms. The maximum atomic E-state index is 13.5. The van der Waals surface area contributed by atoms with E-state index in [4.69, 9.17) is 33.7 Å². The van der Waals surface area contributed by atoms with Crippen LogP contribution in [0.25, 0.3) is 11.3 Å². The van der Waals surface area contributed by atoms with E-state index in [2.05, 4.69) is 20.6 Å². The summed E-state index contributed by atoms with van der Waals surface area (Å²) in [4.78, 5) is 20.0. The fourth-order valence-corrected chi connectivity index (χ4v) is 4.33. The largest absolute Gasteiger partial charge is 0.483 e. The van der Waals surface area contributed by atoms with Crippen molar-refractivity contribution in [2.75, 3.05) is 31.3 Å². The summed E-state index contributed by atoms with van der Waals surface area (Å²) in [6.45, 7) is 0.447. The molecule has 0 amide bonds. The first-order valence-electron chi connectivity index (χ1n) is 11.2. The number of nitrogens with one attached hydrogen (secondary N) is 2. The van der Waals surface area contributed by atoms with Crippen LogP contribution in [0.4, 0.5) is 30.5 Å². The highest BCUT2D eigenvalue weighted by molar-refractivity contribution is 7.80. The van der Waals surface area contributed by atoms with Crippen molar-refractivity contribution in [3.05, 3.63) is 64.3 Å². The molecule has 4 rings (SSSR count). The van der Waals surface area contributed by atoms with E-state index >= 15 is 0 Å². The molecule has 3 aromatic rings. The second-order valence-electron chi connectivity index (χ2n) is 8.49. The summed E-state index contributed by atoms with van der Waals surface area (Å²) in [5, 5.41) is 13.7. The van der Waals surface area contributed by atoms with Crippen molar-refractivity contribution in [1.82, 2.24) is 14.9 Å². The number of aryl methyl sites for hydroxylation is 1. The molecule has 0 saturated heterocycles. The summed E-state index contributed by atoms with van der Waals surface area (Å²) >= 11 is 11.6. The van der Waals surface area contributed by atoms with Crippen molar-refractivity contribution >= 4 is 52.6 Å². The van der Waals surface area contributed by atoms with Gasteiger partial charge in [-0.3, -0.25) is 4.79 Å². The Morgan fingerprint density at radius 1 is 1.24 bits per heavy atom. The van der Waals surface area contributed by atoms with Gasteiger partial charge in [0.1, 0.15) is 0 Å². The van der Waals surface area contributed by atoms with Crippen LogP contribution in [0.1, 0.15) is 23.1 Å². The first kappa shape index (κ1) is 28.3. The molecule has 2 heterocycles. The van der Waals surface area contributed by atoms with E-state index in [1.807, 2.05) is 25.1 Å². The number of rotatable bonds is 6. The van der Waals surface area contributed by atoms with Gasteiger partial charge in [-0.15, -0.1) is 0 Å². The van der Waals surface area contributed by atoms with Crippen molar-refractivity contribution in [1.29, 1.82) is 0 Å². The van der Waals surface area contributed by atoms with Gasteiger partial charge in [-0.05, 0) is 75.4 Å². The zero-order chi connectivity index (χ0) is 27.2. The maximum absolute atomic E-state index is 13.5. The van der Waals surface area contributed by atoms with Gasteiger partial charge in [0.25, 0.3) is 6.47 Å². The highest BCUT2D eigenvalue weighted by Gasteiger charge is 2.33. The molecule has 0 saturated carbocycles. The molecule has 196 valence electrons. The Hall–Kier alpha value is -3.28. The lowest BCUT2D eigenvalue weighted by molar-refractivity contribution is -0.138.